The second-order valence-corrected chi connectivity index (χ2v) is 8.16. The Labute approximate surface area is 188 Å². The van der Waals surface area contributed by atoms with Gasteiger partial charge in [0.2, 0.25) is 5.62 Å². The molecule has 9 heteroatoms. The first-order valence-electron chi connectivity index (χ1n) is 10.1. The summed E-state index contributed by atoms with van der Waals surface area (Å²) in [5, 5.41) is 16.2. The van der Waals surface area contributed by atoms with Crippen LogP contribution < -0.4 is 10.5 Å². The second-order valence-electron chi connectivity index (χ2n) is 7.75. The van der Waals surface area contributed by atoms with Crippen LogP contribution in [0, 0.1) is 16.6 Å². The highest BCUT2D eigenvalue weighted by molar-refractivity contribution is 6.31. The lowest BCUT2D eigenvalue weighted by Crippen LogP contribution is -2.26. The Hall–Kier alpha value is -3.65. The summed E-state index contributed by atoms with van der Waals surface area (Å²) >= 11 is 5.97. The average molecular weight is 448 g/mol. The van der Waals surface area contributed by atoms with Gasteiger partial charge >= 0.3 is 0 Å². The van der Waals surface area contributed by atoms with Crippen molar-refractivity contribution in [3.05, 3.63) is 70.9 Å². The standard InChI is InChI=1S/C23H19ClFN7/c1-31(22-16-8-18(25)17(24)9-21(16)32(12-26)23(27)30-22)15-4-2-3-14(7-15)20-11-28-19(10-29-20)13-5-6-13/h2-4,7-13,26-27H,5-6H2,1H3. The Balaban J connectivity index is 1.59. The number of hydrogen-bond donors (Lipinski definition) is 2. The third-order valence-corrected chi connectivity index (χ3v) is 5.91. The molecular weight excluding hydrogens is 429 g/mol. The first-order chi connectivity index (χ1) is 15.5. The molecule has 1 saturated carbocycles. The molecule has 1 fully saturated rings. The third-order valence-electron chi connectivity index (χ3n) is 5.62. The molecule has 2 heterocycles. The summed E-state index contributed by atoms with van der Waals surface area (Å²) in [5.41, 5.74) is 3.73. The summed E-state index contributed by atoms with van der Waals surface area (Å²) < 4.78 is 15.5. The quantitative estimate of drug-likeness (QED) is 0.337. The maximum absolute atomic E-state index is 14.3. The molecule has 0 saturated heterocycles. The highest BCUT2D eigenvalue weighted by atomic mass is 35.5. The summed E-state index contributed by atoms with van der Waals surface area (Å²) in [6.45, 7) is 0. The number of halogens is 2. The molecule has 2 N–H and O–H groups in total. The number of hydrogen-bond acceptors (Lipinski definition) is 6. The van der Waals surface area contributed by atoms with Gasteiger partial charge in [-0.05, 0) is 37.1 Å². The molecule has 0 bridgehead atoms. The van der Waals surface area contributed by atoms with Crippen LogP contribution in [0.5, 0.6) is 0 Å². The molecule has 1 aliphatic rings. The minimum atomic E-state index is -0.593. The molecule has 0 spiro atoms. The zero-order chi connectivity index (χ0) is 22.4. The van der Waals surface area contributed by atoms with Crippen molar-refractivity contribution in [3.63, 3.8) is 0 Å². The first kappa shape index (κ1) is 20.3. The van der Waals surface area contributed by atoms with Crippen LogP contribution in [-0.2, 0) is 0 Å². The Morgan fingerprint density at radius 3 is 2.69 bits per heavy atom. The van der Waals surface area contributed by atoms with Crippen molar-refractivity contribution in [1.82, 2.24) is 19.5 Å². The van der Waals surface area contributed by atoms with Gasteiger partial charge in [0, 0.05) is 35.8 Å². The predicted octanol–water partition coefficient (Wildman–Crippen LogP) is 4.87. The fourth-order valence-electron chi connectivity index (χ4n) is 3.70. The van der Waals surface area contributed by atoms with Crippen LogP contribution in [0.25, 0.3) is 22.2 Å². The normalized spacial score (nSPS) is 13.3. The SMILES string of the molecule is CN(c1cccc(-c2cnc(C3CC3)cn2)c1)c1nc(=N)n(C=N)c2cc(Cl)c(F)cc12. The van der Waals surface area contributed by atoms with Gasteiger partial charge in [-0.1, -0.05) is 23.7 Å². The second kappa shape index (κ2) is 7.80. The minimum Gasteiger partial charge on any atom is -0.329 e. The van der Waals surface area contributed by atoms with Gasteiger partial charge < -0.3 is 4.90 Å². The van der Waals surface area contributed by atoms with Gasteiger partial charge in [-0.2, -0.15) is 4.98 Å². The van der Waals surface area contributed by atoms with E-state index >= 15 is 0 Å². The number of aromatic nitrogens is 4. The lowest BCUT2D eigenvalue weighted by Gasteiger charge is -2.22. The topological polar surface area (TPSA) is 94.5 Å². The number of anilines is 2. The molecule has 2 aromatic heterocycles. The Kier molecular flexibility index (Phi) is 4.94. The van der Waals surface area contributed by atoms with Crippen molar-refractivity contribution in [3.8, 4) is 11.3 Å². The maximum Gasteiger partial charge on any atom is 0.229 e. The van der Waals surface area contributed by atoms with Crippen molar-refractivity contribution < 1.29 is 4.39 Å². The van der Waals surface area contributed by atoms with Crippen molar-refractivity contribution in [1.29, 1.82) is 10.8 Å². The van der Waals surface area contributed by atoms with E-state index in [0.717, 1.165) is 29.0 Å². The average Bonchev–Trinajstić information content (AvgIpc) is 3.65. The highest BCUT2D eigenvalue weighted by Gasteiger charge is 2.25. The fraction of sp³-hybridized carbons (Fsp3) is 0.174. The largest absolute Gasteiger partial charge is 0.329 e. The van der Waals surface area contributed by atoms with E-state index in [4.69, 9.17) is 22.4 Å². The van der Waals surface area contributed by atoms with E-state index in [9.17, 15) is 4.39 Å². The molecule has 0 amide bonds. The molecule has 0 radical (unpaired) electrons. The van der Waals surface area contributed by atoms with Gasteiger partial charge in [-0.3, -0.25) is 25.4 Å². The summed E-state index contributed by atoms with van der Waals surface area (Å²) in [7, 11) is 1.80. The lowest BCUT2D eigenvalue weighted by molar-refractivity contribution is 0.629. The van der Waals surface area contributed by atoms with E-state index in [1.54, 1.807) is 18.1 Å². The summed E-state index contributed by atoms with van der Waals surface area (Å²) in [6.07, 6.45) is 6.93. The predicted molar refractivity (Wildman–Crippen MR) is 122 cm³/mol. The number of nitrogens with one attached hydrogen (secondary N) is 2. The van der Waals surface area contributed by atoms with Crippen LogP contribution in [0.2, 0.25) is 5.02 Å². The Morgan fingerprint density at radius 2 is 2.00 bits per heavy atom. The number of fused-ring (bicyclic) bond motifs is 1. The summed E-state index contributed by atoms with van der Waals surface area (Å²) in [6, 6.07) is 10.4. The molecule has 7 nitrogen and oxygen atoms in total. The molecule has 0 aliphatic heterocycles. The van der Waals surface area contributed by atoms with E-state index in [1.807, 2.05) is 30.5 Å². The van der Waals surface area contributed by atoms with E-state index < -0.39 is 5.82 Å². The van der Waals surface area contributed by atoms with Crippen molar-refractivity contribution in [2.75, 3.05) is 11.9 Å². The van der Waals surface area contributed by atoms with E-state index in [0.29, 0.717) is 22.6 Å². The van der Waals surface area contributed by atoms with Crippen LogP contribution in [0.3, 0.4) is 0 Å². The number of rotatable bonds is 5. The Bertz CT molecular complexity index is 1410. The van der Waals surface area contributed by atoms with Gasteiger partial charge in [0.25, 0.3) is 0 Å². The minimum absolute atomic E-state index is 0.0810. The van der Waals surface area contributed by atoms with Crippen LogP contribution >= 0.6 is 11.6 Å². The molecule has 160 valence electrons. The van der Waals surface area contributed by atoms with Crippen molar-refractivity contribution >= 4 is 40.3 Å². The van der Waals surface area contributed by atoms with Crippen molar-refractivity contribution in [2.24, 2.45) is 0 Å². The fourth-order valence-corrected chi connectivity index (χ4v) is 3.86. The highest BCUT2D eigenvalue weighted by Crippen LogP contribution is 2.39. The van der Waals surface area contributed by atoms with E-state index in [-0.39, 0.29) is 10.6 Å². The summed E-state index contributed by atoms with van der Waals surface area (Å²) in [4.78, 5) is 15.2. The van der Waals surface area contributed by atoms with Gasteiger partial charge in [-0.25, -0.2) is 4.39 Å². The van der Waals surface area contributed by atoms with E-state index in [1.165, 1.54) is 29.5 Å². The van der Waals surface area contributed by atoms with Crippen LogP contribution in [-0.4, -0.2) is 32.9 Å². The van der Waals surface area contributed by atoms with Crippen LogP contribution in [0.4, 0.5) is 15.9 Å². The molecular formula is C23H19ClFN7. The maximum atomic E-state index is 14.3. The lowest BCUT2D eigenvalue weighted by atomic mass is 10.1. The molecule has 32 heavy (non-hydrogen) atoms. The first-order valence-corrected chi connectivity index (χ1v) is 10.5. The monoisotopic (exact) mass is 447 g/mol. The Morgan fingerprint density at radius 1 is 1.19 bits per heavy atom. The smallest absolute Gasteiger partial charge is 0.229 e. The van der Waals surface area contributed by atoms with Crippen molar-refractivity contribution in [2.45, 2.75) is 18.8 Å². The molecule has 0 atom stereocenters. The number of benzene rings is 2. The molecule has 2 aromatic carbocycles. The third kappa shape index (κ3) is 3.52. The van der Waals surface area contributed by atoms with Crippen LogP contribution in [0.1, 0.15) is 24.5 Å². The number of nitrogens with zero attached hydrogens (tertiary/aromatic N) is 5. The van der Waals surface area contributed by atoms with Gasteiger partial charge in [-0.15, -0.1) is 0 Å². The van der Waals surface area contributed by atoms with Gasteiger partial charge in [0.05, 0.1) is 34.5 Å². The molecule has 1 aliphatic carbocycles. The molecule has 5 rings (SSSR count). The zero-order valence-electron chi connectivity index (χ0n) is 17.2. The molecule has 0 unspecified atom stereocenters. The zero-order valence-corrected chi connectivity index (χ0v) is 17.9. The van der Waals surface area contributed by atoms with Crippen LogP contribution in [0.15, 0.2) is 48.8 Å². The van der Waals surface area contributed by atoms with Gasteiger partial charge in [0.1, 0.15) is 11.6 Å². The summed E-state index contributed by atoms with van der Waals surface area (Å²) in [5.74, 6) is 0.332. The van der Waals surface area contributed by atoms with Gasteiger partial charge in [0.15, 0.2) is 0 Å². The molecule has 4 aromatic rings. The van der Waals surface area contributed by atoms with E-state index in [2.05, 4.69) is 15.0 Å².